The Morgan fingerprint density at radius 1 is 1.03 bits per heavy atom. The van der Waals surface area contributed by atoms with E-state index in [2.05, 4.69) is 9.88 Å². The predicted octanol–water partition coefficient (Wildman–Crippen LogP) is 2.83. The lowest BCUT2D eigenvalue weighted by atomic mass is 9.94. The van der Waals surface area contributed by atoms with Crippen molar-refractivity contribution in [1.82, 2.24) is 14.2 Å². The number of rotatable bonds is 6. The minimum absolute atomic E-state index is 0.0993. The number of pyridine rings is 1. The number of benzene rings is 2. The highest BCUT2D eigenvalue weighted by atomic mass is 32.2. The number of esters is 1. The van der Waals surface area contributed by atoms with Crippen molar-refractivity contribution in [2.24, 2.45) is 5.92 Å². The van der Waals surface area contributed by atoms with Gasteiger partial charge in [0.25, 0.3) is 0 Å². The number of sulfonamides is 1. The summed E-state index contributed by atoms with van der Waals surface area (Å²) in [5, 5.41) is 1.73. The molecular weight excluding hydrogens is 504 g/mol. The number of carbonyl (C=O) groups is 2. The highest BCUT2D eigenvalue weighted by Crippen LogP contribution is 2.28. The molecule has 1 amide bonds. The van der Waals surface area contributed by atoms with Gasteiger partial charge in [-0.3, -0.25) is 9.78 Å². The van der Waals surface area contributed by atoms with E-state index in [1.807, 2.05) is 37.3 Å². The number of piperazine rings is 1. The van der Waals surface area contributed by atoms with E-state index >= 15 is 0 Å². The Bertz CT molecular complexity index is 1440. The van der Waals surface area contributed by atoms with E-state index in [1.54, 1.807) is 30.6 Å². The van der Waals surface area contributed by atoms with Gasteiger partial charge >= 0.3 is 5.97 Å². The first-order valence-corrected chi connectivity index (χ1v) is 14.2. The monoisotopic (exact) mass is 536 g/mol. The molecule has 3 heterocycles. The van der Waals surface area contributed by atoms with Gasteiger partial charge in [-0.25, -0.2) is 13.2 Å². The molecule has 2 aliphatic rings. The Morgan fingerprint density at radius 3 is 2.42 bits per heavy atom. The Kier molecular flexibility index (Phi) is 7.36. The molecule has 9 nitrogen and oxygen atoms in total. The van der Waals surface area contributed by atoms with Crippen LogP contribution in [0.25, 0.3) is 10.8 Å². The van der Waals surface area contributed by atoms with Crippen molar-refractivity contribution in [2.45, 2.75) is 30.7 Å². The van der Waals surface area contributed by atoms with E-state index < -0.39 is 22.0 Å². The molecule has 38 heavy (non-hydrogen) atoms. The number of hydrogen-bond donors (Lipinski definition) is 0. The molecule has 0 N–H and O–H groups in total. The van der Waals surface area contributed by atoms with Crippen LogP contribution in [0, 0.1) is 12.8 Å². The maximum absolute atomic E-state index is 13.6. The van der Waals surface area contributed by atoms with Gasteiger partial charge in [0, 0.05) is 44.3 Å². The van der Waals surface area contributed by atoms with E-state index in [0.29, 0.717) is 6.54 Å². The topological polar surface area (TPSA) is 100 Å². The smallest absolute Gasteiger partial charge is 0.329 e. The maximum Gasteiger partial charge on any atom is 0.329 e. The molecule has 10 heteroatoms. The van der Waals surface area contributed by atoms with Crippen LogP contribution in [-0.4, -0.2) is 80.4 Å². The first-order chi connectivity index (χ1) is 18.3. The fourth-order valence-electron chi connectivity index (χ4n) is 5.38. The summed E-state index contributed by atoms with van der Waals surface area (Å²) >= 11 is 0. The molecule has 0 bridgehead atoms. The van der Waals surface area contributed by atoms with E-state index in [1.165, 1.54) is 12.0 Å². The standard InChI is InChI=1S/C28H32N4O5S/c1-20-3-4-23-16-25(6-5-22(23)15-20)38(35,36)31-18-26(28(34)37-2)32(27(33)19-31)17-21-9-13-30(14-10-21)24-7-11-29-12-8-24/h3-8,11-12,15-16,21,26H,9-10,13-14,17-19H2,1-2H3/t26-/m1/s1. The summed E-state index contributed by atoms with van der Waals surface area (Å²) < 4.78 is 33.2. The SMILES string of the molecule is COC(=O)[C@H]1CN(S(=O)(=O)c2ccc3cc(C)ccc3c2)CC(=O)N1CC1CCN(c2ccncc2)CC1. The van der Waals surface area contributed by atoms with Gasteiger partial charge in [-0.05, 0) is 60.7 Å². The molecule has 1 aromatic heterocycles. The number of aryl methyl sites for hydroxylation is 1. The second-order valence-electron chi connectivity index (χ2n) is 10.0. The van der Waals surface area contributed by atoms with Crippen LogP contribution in [0.5, 0.6) is 0 Å². The molecule has 2 aromatic carbocycles. The minimum atomic E-state index is -4.00. The summed E-state index contributed by atoms with van der Waals surface area (Å²) in [5.41, 5.74) is 2.20. The van der Waals surface area contributed by atoms with Crippen LogP contribution < -0.4 is 4.90 Å². The van der Waals surface area contributed by atoms with Gasteiger partial charge in [-0.2, -0.15) is 4.31 Å². The zero-order valence-electron chi connectivity index (χ0n) is 21.6. The quantitative estimate of drug-likeness (QED) is 0.447. The predicted molar refractivity (Wildman–Crippen MR) is 144 cm³/mol. The number of fused-ring (bicyclic) bond motifs is 1. The van der Waals surface area contributed by atoms with Crippen molar-refractivity contribution in [3.63, 3.8) is 0 Å². The number of amides is 1. The molecule has 2 fully saturated rings. The van der Waals surface area contributed by atoms with Crippen LogP contribution in [0.3, 0.4) is 0 Å². The zero-order chi connectivity index (χ0) is 26.9. The molecule has 3 aromatic rings. The summed E-state index contributed by atoms with van der Waals surface area (Å²) in [6, 6.07) is 13.7. The lowest BCUT2D eigenvalue weighted by Crippen LogP contribution is -2.61. The number of ether oxygens (including phenoxy) is 1. The number of anilines is 1. The van der Waals surface area contributed by atoms with Crippen LogP contribution in [0.1, 0.15) is 18.4 Å². The van der Waals surface area contributed by atoms with Gasteiger partial charge in [-0.15, -0.1) is 0 Å². The highest BCUT2D eigenvalue weighted by molar-refractivity contribution is 7.89. The van der Waals surface area contributed by atoms with Crippen LogP contribution in [0.4, 0.5) is 5.69 Å². The molecule has 200 valence electrons. The molecule has 0 spiro atoms. The first-order valence-electron chi connectivity index (χ1n) is 12.8. The number of aromatic nitrogens is 1. The largest absolute Gasteiger partial charge is 0.467 e. The molecule has 1 atom stereocenters. The summed E-state index contributed by atoms with van der Waals surface area (Å²) in [4.78, 5) is 34.1. The van der Waals surface area contributed by atoms with Gasteiger partial charge in [0.15, 0.2) is 0 Å². The van der Waals surface area contributed by atoms with Crippen LogP contribution in [-0.2, 0) is 24.3 Å². The maximum atomic E-state index is 13.6. The summed E-state index contributed by atoms with van der Waals surface area (Å²) in [5.74, 6) is -0.791. The molecular formula is C28H32N4O5S. The summed E-state index contributed by atoms with van der Waals surface area (Å²) in [7, 11) is -2.74. The average molecular weight is 537 g/mol. The van der Waals surface area contributed by atoms with E-state index in [9.17, 15) is 18.0 Å². The Labute approximate surface area is 223 Å². The fourth-order valence-corrected chi connectivity index (χ4v) is 6.81. The van der Waals surface area contributed by atoms with Crippen molar-refractivity contribution in [3.8, 4) is 0 Å². The average Bonchev–Trinajstić information content (AvgIpc) is 2.94. The second-order valence-corrected chi connectivity index (χ2v) is 12.0. The Balaban J connectivity index is 1.31. The summed E-state index contributed by atoms with van der Waals surface area (Å²) in [6.07, 6.45) is 5.26. The van der Waals surface area contributed by atoms with Gasteiger partial charge in [0.05, 0.1) is 18.6 Å². The molecule has 0 radical (unpaired) electrons. The summed E-state index contributed by atoms with van der Waals surface area (Å²) in [6.45, 7) is 3.60. The van der Waals surface area contributed by atoms with Crippen molar-refractivity contribution in [1.29, 1.82) is 0 Å². The second kappa shape index (κ2) is 10.7. The number of hydrogen-bond acceptors (Lipinski definition) is 7. The lowest BCUT2D eigenvalue weighted by Gasteiger charge is -2.42. The Morgan fingerprint density at radius 2 is 1.71 bits per heavy atom. The fraction of sp³-hybridized carbons (Fsp3) is 0.393. The lowest BCUT2D eigenvalue weighted by molar-refractivity contribution is -0.157. The molecule has 2 saturated heterocycles. The van der Waals surface area contributed by atoms with Crippen LogP contribution >= 0.6 is 0 Å². The third-order valence-electron chi connectivity index (χ3n) is 7.56. The molecule has 2 aliphatic heterocycles. The highest BCUT2D eigenvalue weighted by Gasteiger charge is 2.43. The van der Waals surface area contributed by atoms with Gasteiger partial charge in [-0.1, -0.05) is 29.8 Å². The molecule has 0 unspecified atom stereocenters. The third kappa shape index (κ3) is 5.23. The zero-order valence-corrected chi connectivity index (χ0v) is 22.4. The third-order valence-corrected chi connectivity index (χ3v) is 9.37. The van der Waals surface area contributed by atoms with Crippen molar-refractivity contribution < 1.29 is 22.7 Å². The van der Waals surface area contributed by atoms with E-state index in [-0.39, 0.29) is 29.8 Å². The van der Waals surface area contributed by atoms with Gasteiger partial charge in [0.2, 0.25) is 15.9 Å². The van der Waals surface area contributed by atoms with E-state index in [0.717, 1.165) is 52.3 Å². The molecule has 0 saturated carbocycles. The normalized spacial score (nSPS) is 19.6. The van der Waals surface area contributed by atoms with Gasteiger partial charge < -0.3 is 14.5 Å². The van der Waals surface area contributed by atoms with Crippen molar-refractivity contribution >= 4 is 38.4 Å². The Hall–Kier alpha value is -3.50. The number of piperidine rings is 1. The number of methoxy groups -OCH3 is 1. The van der Waals surface area contributed by atoms with E-state index in [4.69, 9.17) is 4.74 Å². The molecule has 0 aliphatic carbocycles. The number of carbonyl (C=O) groups excluding carboxylic acids is 2. The van der Waals surface area contributed by atoms with Crippen LogP contribution in [0.15, 0.2) is 65.8 Å². The van der Waals surface area contributed by atoms with Crippen LogP contribution in [0.2, 0.25) is 0 Å². The first kappa shape index (κ1) is 26.1. The number of nitrogens with zero attached hydrogens (tertiary/aromatic N) is 4. The minimum Gasteiger partial charge on any atom is -0.467 e. The molecule has 5 rings (SSSR count). The van der Waals surface area contributed by atoms with Crippen molar-refractivity contribution in [2.75, 3.05) is 44.7 Å². The van der Waals surface area contributed by atoms with Gasteiger partial charge in [0.1, 0.15) is 6.04 Å². The van der Waals surface area contributed by atoms with Crippen molar-refractivity contribution in [3.05, 3.63) is 66.5 Å².